The molecule has 15 heavy (non-hydrogen) atoms. The molecule has 0 aliphatic heterocycles. The molecule has 84 valence electrons. The number of ether oxygens (including phenoxy) is 2. The lowest BCUT2D eigenvalue weighted by atomic mass is 9.99. The summed E-state index contributed by atoms with van der Waals surface area (Å²) in [5.41, 5.74) is 1.33. The molecule has 1 aromatic rings. The minimum atomic E-state index is 0.178. The van der Waals surface area contributed by atoms with Gasteiger partial charge in [0.2, 0.25) is 0 Å². The zero-order chi connectivity index (χ0) is 11.5. The molecule has 0 fully saturated rings. The number of methoxy groups -OCH3 is 1. The van der Waals surface area contributed by atoms with Gasteiger partial charge in [0.25, 0.3) is 0 Å². The van der Waals surface area contributed by atoms with Crippen molar-refractivity contribution in [2.24, 2.45) is 5.41 Å². The van der Waals surface area contributed by atoms with Crippen molar-refractivity contribution in [2.75, 3.05) is 13.7 Å². The quantitative estimate of drug-likeness (QED) is 0.757. The van der Waals surface area contributed by atoms with Crippen molar-refractivity contribution in [3.8, 4) is 11.5 Å². The van der Waals surface area contributed by atoms with Crippen LogP contribution in [0.25, 0.3) is 0 Å². The van der Waals surface area contributed by atoms with Crippen LogP contribution in [0.4, 0.5) is 0 Å². The van der Waals surface area contributed by atoms with Crippen molar-refractivity contribution in [2.45, 2.75) is 27.7 Å². The zero-order valence-corrected chi connectivity index (χ0v) is 10.3. The van der Waals surface area contributed by atoms with Crippen LogP contribution in [0, 0.1) is 12.3 Å². The first-order valence-corrected chi connectivity index (χ1v) is 5.19. The smallest absolute Gasteiger partial charge is 0.123 e. The Labute approximate surface area is 92.2 Å². The van der Waals surface area contributed by atoms with Crippen molar-refractivity contribution in [3.63, 3.8) is 0 Å². The molecule has 0 aromatic heterocycles. The van der Waals surface area contributed by atoms with E-state index in [2.05, 4.69) is 20.8 Å². The summed E-state index contributed by atoms with van der Waals surface area (Å²) in [5, 5.41) is 0. The third kappa shape index (κ3) is 4.24. The molecule has 1 aromatic carbocycles. The Morgan fingerprint density at radius 3 is 2.20 bits per heavy atom. The van der Waals surface area contributed by atoms with Gasteiger partial charge in [-0.25, -0.2) is 0 Å². The summed E-state index contributed by atoms with van der Waals surface area (Å²) in [4.78, 5) is 0. The molecule has 2 heteroatoms. The standard InChI is InChI=1S/C13H20O2/c1-10-6-11(14-5)8-12(7-10)15-9-13(2,3)4/h6-8H,9H2,1-5H3. The second-order valence-corrected chi connectivity index (χ2v) is 5.04. The van der Waals surface area contributed by atoms with Gasteiger partial charge in [-0.15, -0.1) is 0 Å². The monoisotopic (exact) mass is 208 g/mol. The van der Waals surface area contributed by atoms with Crippen LogP contribution in [0.1, 0.15) is 26.3 Å². The third-order valence-corrected chi connectivity index (χ3v) is 1.93. The van der Waals surface area contributed by atoms with Gasteiger partial charge in [-0.1, -0.05) is 20.8 Å². The highest BCUT2D eigenvalue weighted by Gasteiger charge is 2.11. The average molecular weight is 208 g/mol. The SMILES string of the molecule is COc1cc(C)cc(OCC(C)(C)C)c1. The Morgan fingerprint density at radius 2 is 1.67 bits per heavy atom. The van der Waals surface area contributed by atoms with E-state index in [9.17, 15) is 0 Å². The molecule has 2 nitrogen and oxygen atoms in total. The molecule has 0 heterocycles. The molecular formula is C13H20O2. The molecular weight excluding hydrogens is 188 g/mol. The lowest BCUT2D eigenvalue weighted by molar-refractivity contribution is 0.197. The Morgan fingerprint density at radius 1 is 1.07 bits per heavy atom. The largest absolute Gasteiger partial charge is 0.497 e. The summed E-state index contributed by atoms with van der Waals surface area (Å²) in [6.45, 7) is 9.20. The van der Waals surface area contributed by atoms with E-state index in [0.29, 0.717) is 6.61 Å². The first-order chi connectivity index (χ1) is 6.90. The lowest BCUT2D eigenvalue weighted by Gasteiger charge is -2.19. The fourth-order valence-corrected chi connectivity index (χ4v) is 1.22. The molecule has 0 spiro atoms. The van der Waals surface area contributed by atoms with Gasteiger partial charge in [0.15, 0.2) is 0 Å². The van der Waals surface area contributed by atoms with Gasteiger partial charge in [0.05, 0.1) is 13.7 Å². The first-order valence-electron chi connectivity index (χ1n) is 5.19. The van der Waals surface area contributed by atoms with Crippen molar-refractivity contribution in [1.29, 1.82) is 0 Å². The van der Waals surface area contributed by atoms with Gasteiger partial charge >= 0.3 is 0 Å². The van der Waals surface area contributed by atoms with Crippen LogP contribution >= 0.6 is 0 Å². The van der Waals surface area contributed by atoms with Crippen LogP contribution in [0.15, 0.2) is 18.2 Å². The second-order valence-electron chi connectivity index (χ2n) is 5.04. The number of aryl methyl sites for hydroxylation is 1. The maximum Gasteiger partial charge on any atom is 0.123 e. The third-order valence-electron chi connectivity index (χ3n) is 1.93. The lowest BCUT2D eigenvalue weighted by Crippen LogP contribution is -2.16. The molecule has 0 saturated carbocycles. The summed E-state index contributed by atoms with van der Waals surface area (Å²) in [6.07, 6.45) is 0. The van der Waals surface area contributed by atoms with Crippen LogP contribution in [-0.4, -0.2) is 13.7 Å². The maximum atomic E-state index is 5.71. The molecule has 0 saturated heterocycles. The molecule has 0 aliphatic rings. The van der Waals surface area contributed by atoms with E-state index >= 15 is 0 Å². The predicted molar refractivity (Wildman–Crippen MR) is 62.7 cm³/mol. The second kappa shape index (κ2) is 4.56. The fourth-order valence-electron chi connectivity index (χ4n) is 1.22. The van der Waals surface area contributed by atoms with Gasteiger partial charge in [-0.2, -0.15) is 0 Å². The van der Waals surface area contributed by atoms with Gasteiger partial charge in [-0.05, 0) is 30.0 Å². The highest BCUT2D eigenvalue weighted by Crippen LogP contribution is 2.24. The van der Waals surface area contributed by atoms with Gasteiger partial charge < -0.3 is 9.47 Å². The van der Waals surface area contributed by atoms with E-state index < -0.39 is 0 Å². The Balaban J connectivity index is 2.73. The normalized spacial score (nSPS) is 11.3. The predicted octanol–water partition coefficient (Wildman–Crippen LogP) is 3.43. The number of benzene rings is 1. The van der Waals surface area contributed by atoms with Crippen LogP contribution in [-0.2, 0) is 0 Å². The topological polar surface area (TPSA) is 18.5 Å². The van der Waals surface area contributed by atoms with Crippen LogP contribution in [0.2, 0.25) is 0 Å². The van der Waals surface area contributed by atoms with Gasteiger partial charge in [-0.3, -0.25) is 0 Å². The maximum absolute atomic E-state index is 5.71. The van der Waals surface area contributed by atoms with Crippen molar-refractivity contribution in [1.82, 2.24) is 0 Å². The van der Waals surface area contributed by atoms with Gasteiger partial charge in [0, 0.05) is 6.07 Å². The summed E-state index contributed by atoms with van der Waals surface area (Å²) >= 11 is 0. The summed E-state index contributed by atoms with van der Waals surface area (Å²) in [5.74, 6) is 1.72. The van der Waals surface area contributed by atoms with Crippen molar-refractivity contribution in [3.05, 3.63) is 23.8 Å². The van der Waals surface area contributed by atoms with Crippen LogP contribution < -0.4 is 9.47 Å². The van der Waals surface area contributed by atoms with E-state index in [4.69, 9.17) is 9.47 Å². The molecule has 0 aliphatic carbocycles. The molecule has 0 N–H and O–H groups in total. The minimum Gasteiger partial charge on any atom is -0.497 e. The molecule has 0 bridgehead atoms. The van der Waals surface area contributed by atoms with E-state index in [-0.39, 0.29) is 5.41 Å². The fraction of sp³-hybridized carbons (Fsp3) is 0.538. The Hall–Kier alpha value is -1.18. The van der Waals surface area contributed by atoms with E-state index in [1.807, 2.05) is 25.1 Å². The zero-order valence-electron chi connectivity index (χ0n) is 10.3. The van der Waals surface area contributed by atoms with Crippen molar-refractivity contribution < 1.29 is 9.47 Å². The van der Waals surface area contributed by atoms with Crippen molar-refractivity contribution >= 4 is 0 Å². The number of rotatable bonds is 3. The molecule has 0 radical (unpaired) electrons. The van der Waals surface area contributed by atoms with Gasteiger partial charge in [0.1, 0.15) is 11.5 Å². The average Bonchev–Trinajstić information content (AvgIpc) is 2.13. The summed E-state index contributed by atoms with van der Waals surface area (Å²) < 4.78 is 10.9. The highest BCUT2D eigenvalue weighted by molar-refractivity contribution is 5.37. The van der Waals surface area contributed by atoms with E-state index in [1.54, 1.807) is 7.11 Å². The van der Waals surface area contributed by atoms with E-state index in [1.165, 1.54) is 0 Å². The first kappa shape index (κ1) is 11.9. The molecule has 0 amide bonds. The Bertz CT molecular complexity index is 324. The molecule has 0 unspecified atom stereocenters. The number of hydrogen-bond acceptors (Lipinski definition) is 2. The minimum absolute atomic E-state index is 0.178. The summed E-state index contributed by atoms with van der Waals surface area (Å²) in [6, 6.07) is 5.93. The van der Waals surface area contributed by atoms with Crippen LogP contribution in [0.3, 0.4) is 0 Å². The van der Waals surface area contributed by atoms with Crippen LogP contribution in [0.5, 0.6) is 11.5 Å². The van der Waals surface area contributed by atoms with E-state index in [0.717, 1.165) is 17.1 Å². The highest BCUT2D eigenvalue weighted by atomic mass is 16.5. The molecule has 0 atom stereocenters. The molecule has 1 rings (SSSR count). The summed E-state index contributed by atoms with van der Waals surface area (Å²) in [7, 11) is 1.67. The Kier molecular flexibility index (Phi) is 3.61. The number of hydrogen-bond donors (Lipinski definition) is 0.